The molecule has 0 saturated heterocycles. The first kappa shape index (κ1) is 17.0. The molecule has 126 valence electrons. The lowest BCUT2D eigenvalue weighted by Crippen LogP contribution is -2.15. The van der Waals surface area contributed by atoms with Crippen LogP contribution in [0.25, 0.3) is 22.0 Å². The standard InChI is InChI=1S/C18H15N3O3S/c1-24-15-6-7-16-17(8-15)20-11-14(9-19)18(16)13-4-2-12(3-5-13)10-21-25(22)23/h2-8,11,21H,10H2,1H3,(H,22,23). The Labute approximate surface area is 147 Å². The van der Waals surface area contributed by atoms with Crippen LogP contribution in [0.3, 0.4) is 0 Å². The highest BCUT2D eigenvalue weighted by Crippen LogP contribution is 2.32. The van der Waals surface area contributed by atoms with E-state index in [-0.39, 0.29) is 6.54 Å². The predicted molar refractivity (Wildman–Crippen MR) is 96.1 cm³/mol. The zero-order valence-corrected chi connectivity index (χ0v) is 14.2. The Bertz CT molecular complexity index is 981. The van der Waals surface area contributed by atoms with Crippen LogP contribution >= 0.6 is 0 Å². The second-order valence-corrected chi connectivity index (χ2v) is 6.10. The third-order valence-corrected chi connectivity index (χ3v) is 4.23. The highest BCUT2D eigenvalue weighted by Gasteiger charge is 2.12. The number of fused-ring (bicyclic) bond motifs is 1. The molecule has 3 rings (SSSR count). The normalized spacial score (nSPS) is 11.9. The van der Waals surface area contributed by atoms with Crippen LogP contribution in [0.1, 0.15) is 11.1 Å². The topological polar surface area (TPSA) is 95.2 Å². The first-order valence-electron chi connectivity index (χ1n) is 7.43. The van der Waals surface area contributed by atoms with Gasteiger partial charge in [-0.25, -0.2) is 8.93 Å². The van der Waals surface area contributed by atoms with E-state index in [1.165, 1.54) is 0 Å². The minimum Gasteiger partial charge on any atom is -0.497 e. The molecule has 1 heterocycles. The summed E-state index contributed by atoms with van der Waals surface area (Å²) in [5.41, 5.74) is 3.78. The summed E-state index contributed by atoms with van der Waals surface area (Å²) < 4.78 is 27.1. The summed E-state index contributed by atoms with van der Waals surface area (Å²) >= 11 is -2.05. The predicted octanol–water partition coefficient (Wildman–Crippen LogP) is 3.01. The van der Waals surface area contributed by atoms with Crippen LogP contribution in [0.4, 0.5) is 0 Å². The molecule has 0 amide bonds. The van der Waals surface area contributed by atoms with Gasteiger partial charge in [-0.2, -0.15) is 5.26 Å². The van der Waals surface area contributed by atoms with Crippen LogP contribution in [0, 0.1) is 11.3 Å². The SMILES string of the molecule is COc1ccc2c(-c3ccc(CNS(=O)O)cc3)c(C#N)cnc2c1. The summed E-state index contributed by atoms with van der Waals surface area (Å²) in [5.74, 6) is 0.703. The van der Waals surface area contributed by atoms with E-state index in [2.05, 4.69) is 15.8 Å². The molecule has 0 spiro atoms. The van der Waals surface area contributed by atoms with Gasteiger partial charge in [-0.15, -0.1) is 0 Å². The molecule has 1 atom stereocenters. The van der Waals surface area contributed by atoms with Crippen molar-refractivity contribution in [1.29, 1.82) is 5.26 Å². The number of methoxy groups -OCH3 is 1. The van der Waals surface area contributed by atoms with Crippen LogP contribution in [0.15, 0.2) is 48.7 Å². The quantitative estimate of drug-likeness (QED) is 0.688. The number of hydrogen-bond acceptors (Lipinski definition) is 4. The van der Waals surface area contributed by atoms with Crippen LogP contribution < -0.4 is 9.46 Å². The lowest BCUT2D eigenvalue weighted by Gasteiger charge is -2.11. The van der Waals surface area contributed by atoms with Crippen LogP contribution in [-0.4, -0.2) is 20.9 Å². The van der Waals surface area contributed by atoms with Crippen molar-refractivity contribution < 1.29 is 13.5 Å². The molecule has 0 aliphatic carbocycles. The van der Waals surface area contributed by atoms with E-state index in [0.717, 1.165) is 27.6 Å². The van der Waals surface area contributed by atoms with Crippen molar-refractivity contribution in [2.24, 2.45) is 0 Å². The lowest BCUT2D eigenvalue weighted by molar-refractivity contribution is 0.415. The van der Waals surface area contributed by atoms with Crippen molar-refractivity contribution in [3.63, 3.8) is 0 Å². The van der Waals surface area contributed by atoms with Gasteiger partial charge < -0.3 is 4.74 Å². The number of aromatic nitrogens is 1. The zero-order valence-electron chi connectivity index (χ0n) is 13.4. The molecule has 2 aromatic carbocycles. The lowest BCUT2D eigenvalue weighted by atomic mass is 9.96. The van der Waals surface area contributed by atoms with Gasteiger partial charge in [-0.05, 0) is 23.3 Å². The summed E-state index contributed by atoms with van der Waals surface area (Å²) in [6, 6.07) is 15.2. The van der Waals surface area contributed by atoms with E-state index >= 15 is 0 Å². The molecule has 1 aromatic heterocycles. The first-order chi connectivity index (χ1) is 12.1. The average Bonchev–Trinajstić information content (AvgIpc) is 2.65. The van der Waals surface area contributed by atoms with E-state index in [9.17, 15) is 9.47 Å². The highest BCUT2D eigenvalue weighted by molar-refractivity contribution is 7.77. The summed E-state index contributed by atoms with van der Waals surface area (Å²) in [5, 5.41) is 10.3. The van der Waals surface area contributed by atoms with E-state index in [1.807, 2.05) is 42.5 Å². The Balaban J connectivity index is 2.07. The van der Waals surface area contributed by atoms with Crippen LogP contribution in [0.2, 0.25) is 0 Å². The average molecular weight is 353 g/mol. The molecule has 1 unspecified atom stereocenters. The molecule has 25 heavy (non-hydrogen) atoms. The number of benzene rings is 2. The molecule has 7 heteroatoms. The second-order valence-electron chi connectivity index (χ2n) is 5.31. The Kier molecular flexibility index (Phi) is 5.05. The highest BCUT2D eigenvalue weighted by atomic mass is 32.2. The van der Waals surface area contributed by atoms with E-state index < -0.39 is 11.3 Å². The fourth-order valence-electron chi connectivity index (χ4n) is 2.63. The van der Waals surface area contributed by atoms with Gasteiger partial charge in [-0.3, -0.25) is 9.54 Å². The first-order valence-corrected chi connectivity index (χ1v) is 8.53. The maximum Gasteiger partial charge on any atom is 0.232 e. The Morgan fingerprint density at radius 2 is 2.04 bits per heavy atom. The third-order valence-electron chi connectivity index (χ3n) is 3.84. The molecule has 0 aliphatic rings. The molecule has 0 saturated carbocycles. The van der Waals surface area contributed by atoms with Crippen molar-refractivity contribution >= 4 is 22.2 Å². The van der Waals surface area contributed by atoms with Crippen molar-refractivity contribution in [3.8, 4) is 22.9 Å². The zero-order chi connectivity index (χ0) is 17.8. The van der Waals surface area contributed by atoms with E-state index in [4.69, 9.17) is 9.29 Å². The number of ether oxygens (including phenoxy) is 1. The largest absolute Gasteiger partial charge is 0.497 e. The van der Waals surface area contributed by atoms with Crippen LogP contribution in [-0.2, 0) is 17.8 Å². The summed E-state index contributed by atoms with van der Waals surface area (Å²) in [6.45, 7) is 0.281. The van der Waals surface area contributed by atoms with Gasteiger partial charge in [-0.1, -0.05) is 24.3 Å². The van der Waals surface area contributed by atoms with Gasteiger partial charge in [0.25, 0.3) is 0 Å². The number of hydrogen-bond donors (Lipinski definition) is 2. The fourth-order valence-corrected chi connectivity index (χ4v) is 2.92. The van der Waals surface area contributed by atoms with Gasteiger partial charge in [0.1, 0.15) is 11.8 Å². The maximum atomic E-state index is 10.7. The minimum atomic E-state index is -2.05. The monoisotopic (exact) mass is 353 g/mol. The third kappa shape index (κ3) is 3.67. The molecule has 6 nitrogen and oxygen atoms in total. The van der Waals surface area contributed by atoms with Crippen molar-refractivity contribution in [1.82, 2.24) is 9.71 Å². The molecule has 0 aliphatic heterocycles. The second kappa shape index (κ2) is 7.40. The van der Waals surface area contributed by atoms with Gasteiger partial charge in [0, 0.05) is 29.8 Å². The smallest absolute Gasteiger partial charge is 0.232 e. The van der Waals surface area contributed by atoms with Crippen molar-refractivity contribution in [3.05, 3.63) is 59.8 Å². The number of nitriles is 1. The summed E-state index contributed by atoms with van der Waals surface area (Å²) in [4.78, 5) is 4.34. The molecular weight excluding hydrogens is 338 g/mol. The summed E-state index contributed by atoms with van der Waals surface area (Å²) in [6.07, 6.45) is 1.56. The molecule has 2 N–H and O–H groups in total. The van der Waals surface area contributed by atoms with Gasteiger partial charge >= 0.3 is 0 Å². The van der Waals surface area contributed by atoms with Crippen molar-refractivity contribution in [2.45, 2.75) is 6.54 Å². The van der Waals surface area contributed by atoms with Crippen molar-refractivity contribution in [2.75, 3.05) is 7.11 Å². The molecule has 0 bridgehead atoms. The number of pyridine rings is 1. The van der Waals surface area contributed by atoms with Gasteiger partial charge in [0.15, 0.2) is 0 Å². The number of nitrogens with zero attached hydrogens (tertiary/aromatic N) is 2. The van der Waals surface area contributed by atoms with Crippen LogP contribution in [0.5, 0.6) is 5.75 Å². The van der Waals surface area contributed by atoms with E-state index in [0.29, 0.717) is 11.3 Å². The Hall–Kier alpha value is -2.79. The Morgan fingerprint density at radius 3 is 2.68 bits per heavy atom. The number of rotatable bonds is 5. The molecule has 3 aromatic rings. The molecule has 0 fully saturated rings. The molecular formula is C18H15N3O3S. The van der Waals surface area contributed by atoms with E-state index in [1.54, 1.807) is 13.3 Å². The minimum absolute atomic E-state index is 0.281. The maximum absolute atomic E-state index is 10.7. The van der Waals surface area contributed by atoms with Gasteiger partial charge in [0.05, 0.1) is 18.2 Å². The fraction of sp³-hybridized carbons (Fsp3) is 0.111. The number of nitrogens with one attached hydrogen (secondary N) is 1. The Morgan fingerprint density at radius 1 is 1.28 bits per heavy atom. The molecule has 0 radical (unpaired) electrons. The van der Waals surface area contributed by atoms with Gasteiger partial charge in [0.2, 0.25) is 11.3 Å². The summed E-state index contributed by atoms with van der Waals surface area (Å²) in [7, 11) is 1.60.